The fourth-order valence-corrected chi connectivity index (χ4v) is 2.11. The van der Waals surface area contributed by atoms with E-state index < -0.39 is 6.10 Å². The number of amides is 1. The van der Waals surface area contributed by atoms with Crippen molar-refractivity contribution in [1.82, 2.24) is 5.32 Å². The fraction of sp³-hybridized carbons (Fsp3) is 0.357. The summed E-state index contributed by atoms with van der Waals surface area (Å²) in [5.41, 5.74) is 0.600. The minimum absolute atomic E-state index is 0.100. The third-order valence-electron chi connectivity index (χ3n) is 2.88. The molecule has 1 aromatic carbocycles. The van der Waals surface area contributed by atoms with Crippen molar-refractivity contribution in [1.29, 1.82) is 0 Å². The van der Waals surface area contributed by atoms with Gasteiger partial charge in [0.1, 0.15) is 0 Å². The van der Waals surface area contributed by atoms with Gasteiger partial charge in [-0.25, -0.2) is 0 Å². The van der Waals surface area contributed by atoms with E-state index in [-0.39, 0.29) is 12.5 Å². The van der Waals surface area contributed by atoms with Crippen molar-refractivity contribution in [2.75, 3.05) is 13.2 Å². The number of carbonyl (C=O) groups excluding carboxylic acids is 1. The van der Waals surface area contributed by atoms with Crippen LogP contribution in [0, 0.1) is 0 Å². The lowest BCUT2D eigenvalue weighted by atomic mass is 10.1. The lowest BCUT2D eigenvalue weighted by Gasteiger charge is -2.17. The number of nitrogens with one attached hydrogen (secondary N) is 1. The summed E-state index contributed by atoms with van der Waals surface area (Å²) in [6.45, 7) is 0.662. The molecule has 4 nitrogen and oxygen atoms in total. The zero-order chi connectivity index (χ0) is 13.7. The van der Waals surface area contributed by atoms with E-state index in [4.69, 9.17) is 16.3 Å². The first-order chi connectivity index (χ1) is 9.18. The van der Waals surface area contributed by atoms with Gasteiger partial charge in [-0.1, -0.05) is 29.8 Å². The molecule has 1 aliphatic heterocycles. The van der Waals surface area contributed by atoms with Crippen LogP contribution in [-0.2, 0) is 9.53 Å². The van der Waals surface area contributed by atoms with Gasteiger partial charge in [0.05, 0.1) is 12.7 Å². The highest BCUT2D eigenvalue weighted by Crippen LogP contribution is 2.22. The normalized spacial score (nSPS) is 16.2. The van der Waals surface area contributed by atoms with Gasteiger partial charge in [-0.15, -0.1) is 0 Å². The van der Waals surface area contributed by atoms with Gasteiger partial charge in [0.15, 0.2) is 5.76 Å². The average molecular weight is 282 g/mol. The van der Waals surface area contributed by atoms with E-state index in [9.17, 15) is 9.90 Å². The van der Waals surface area contributed by atoms with Gasteiger partial charge in [-0.3, -0.25) is 4.79 Å². The molecule has 0 saturated carbocycles. The van der Waals surface area contributed by atoms with Crippen molar-refractivity contribution in [3.63, 3.8) is 0 Å². The Kier molecular flexibility index (Phi) is 4.82. The van der Waals surface area contributed by atoms with E-state index in [0.29, 0.717) is 23.0 Å². The van der Waals surface area contributed by atoms with E-state index in [1.54, 1.807) is 30.3 Å². The number of benzene rings is 1. The summed E-state index contributed by atoms with van der Waals surface area (Å²) >= 11 is 5.97. The Labute approximate surface area is 117 Å². The van der Waals surface area contributed by atoms with Crippen LogP contribution >= 0.6 is 11.6 Å². The first-order valence-corrected chi connectivity index (χ1v) is 6.60. The van der Waals surface area contributed by atoms with Crippen LogP contribution in [0.4, 0.5) is 0 Å². The molecule has 1 aliphatic rings. The highest BCUT2D eigenvalue weighted by molar-refractivity contribution is 6.31. The lowest BCUT2D eigenvalue weighted by Crippen LogP contribution is -2.31. The van der Waals surface area contributed by atoms with E-state index >= 15 is 0 Å². The van der Waals surface area contributed by atoms with Crippen molar-refractivity contribution < 1.29 is 14.6 Å². The SMILES string of the molecule is O=C(NCC(O)c1ccccc1Cl)C1=CCCCO1. The molecule has 19 heavy (non-hydrogen) atoms. The molecule has 5 heteroatoms. The van der Waals surface area contributed by atoms with Gasteiger partial charge >= 0.3 is 0 Å². The molecule has 1 aromatic rings. The molecule has 2 rings (SSSR count). The Morgan fingerprint density at radius 1 is 1.47 bits per heavy atom. The van der Waals surface area contributed by atoms with Crippen LogP contribution in [0.5, 0.6) is 0 Å². The zero-order valence-electron chi connectivity index (χ0n) is 10.4. The van der Waals surface area contributed by atoms with Gasteiger partial charge in [-0.05, 0) is 25.0 Å². The number of hydrogen-bond donors (Lipinski definition) is 2. The van der Waals surface area contributed by atoms with Crippen molar-refractivity contribution in [3.8, 4) is 0 Å². The molecular weight excluding hydrogens is 266 g/mol. The predicted octanol–water partition coefficient (Wildman–Crippen LogP) is 2.18. The molecule has 1 amide bonds. The number of halogens is 1. The number of aliphatic hydroxyl groups is 1. The van der Waals surface area contributed by atoms with E-state index in [0.717, 1.165) is 12.8 Å². The van der Waals surface area contributed by atoms with Gasteiger partial charge in [0.25, 0.3) is 5.91 Å². The first kappa shape index (κ1) is 13.9. The van der Waals surface area contributed by atoms with Crippen molar-refractivity contribution in [2.45, 2.75) is 18.9 Å². The predicted molar refractivity (Wildman–Crippen MR) is 72.7 cm³/mol. The number of rotatable bonds is 4. The van der Waals surface area contributed by atoms with Crippen LogP contribution in [0.15, 0.2) is 36.1 Å². The van der Waals surface area contributed by atoms with Crippen LogP contribution in [0.25, 0.3) is 0 Å². The largest absolute Gasteiger partial charge is 0.488 e. The Morgan fingerprint density at radius 2 is 2.26 bits per heavy atom. The molecule has 0 fully saturated rings. The smallest absolute Gasteiger partial charge is 0.286 e. The topological polar surface area (TPSA) is 58.6 Å². The summed E-state index contributed by atoms with van der Waals surface area (Å²) < 4.78 is 5.24. The molecule has 0 spiro atoms. The molecule has 1 heterocycles. The molecule has 0 saturated heterocycles. The second-order valence-electron chi connectivity index (χ2n) is 4.31. The minimum atomic E-state index is -0.832. The lowest BCUT2D eigenvalue weighted by molar-refractivity contribution is -0.121. The Hall–Kier alpha value is -1.52. The van der Waals surface area contributed by atoms with Gasteiger partial charge in [-0.2, -0.15) is 0 Å². The van der Waals surface area contributed by atoms with Crippen LogP contribution in [0.3, 0.4) is 0 Å². The van der Waals surface area contributed by atoms with Gasteiger partial charge in [0, 0.05) is 17.1 Å². The maximum Gasteiger partial charge on any atom is 0.286 e. The molecular formula is C14H16ClNO3. The van der Waals surface area contributed by atoms with Crippen LogP contribution in [0.2, 0.25) is 5.02 Å². The maximum absolute atomic E-state index is 11.8. The number of aliphatic hydroxyl groups excluding tert-OH is 1. The van der Waals surface area contributed by atoms with Gasteiger partial charge < -0.3 is 15.2 Å². The number of hydrogen-bond acceptors (Lipinski definition) is 3. The van der Waals surface area contributed by atoms with Gasteiger partial charge in [0.2, 0.25) is 0 Å². The van der Waals surface area contributed by atoms with Crippen molar-refractivity contribution in [3.05, 3.63) is 46.7 Å². The molecule has 0 aliphatic carbocycles. The van der Waals surface area contributed by atoms with Crippen LogP contribution in [-0.4, -0.2) is 24.2 Å². The minimum Gasteiger partial charge on any atom is -0.488 e. The maximum atomic E-state index is 11.8. The molecule has 1 unspecified atom stereocenters. The average Bonchev–Trinajstić information content (AvgIpc) is 2.46. The summed E-state index contributed by atoms with van der Waals surface area (Å²) in [5.74, 6) is 0.0309. The molecule has 1 atom stereocenters. The zero-order valence-corrected chi connectivity index (χ0v) is 11.2. The Bertz CT molecular complexity index is 487. The second kappa shape index (κ2) is 6.59. The van der Waals surface area contributed by atoms with Crippen molar-refractivity contribution >= 4 is 17.5 Å². The molecule has 0 bridgehead atoms. The Morgan fingerprint density at radius 3 is 2.95 bits per heavy atom. The number of allylic oxidation sites excluding steroid dienone is 1. The highest BCUT2D eigenvalue weighted by Gasteiger charge is 2.16. The van der Waals surface area contributed by atoms with Crippen molar-refractivity contribution in [2.24, 2.45) is 0 Å². The summed E-state index contributed by atoms with van der Waals surface area (Å²) in [4.78, 5) is 11.8. The van der Waals surface area contributed by atoms with E-state index in [2.05, 4.69) is 5.32 Å². The quantitative estimate of drug-likeness (QED) is 0.889. The number of carbonyl (C=O) groups is 1. The van der Waals surface area contributed by atoms with Crippen LogP contribution < -0.4 is 5.32 Å². The summed E-state index contributed by atoms with van der Waals surface area (Å²) in [5, 5.41) is 13.1. The second-order valence-corrected chi connectivity index (χ2v) is 4.71. The number of ether oxygens (including phenoxy) is 1. The molecule has 2 N–H and O–H groups in total. The third-order valence-corrected chi connectivity index (χ3v) is 3.22. The molecule has 0 radical (unpaired) electrons. The van der Waals surface area contributed by atoms with E-state index in [1.165, 1.54) is 0 Å². The van der Waals surface area contributed by atoms with Crippen LogP contribution in [0.1, 0.15) is 24.5 Å². The molecule has 102 valence electrons. The molecule has 0 aromatic heterocycles. The Balaban J connectivity index is 1.90. The summed E-state index contributed by atoms with van der Waals surface area (Å²) in [6.07, 6.45) is 2.71. The van der Waals surface area contributed by atoms with E-state index in [1.807, 2.05) is 0 Å². The monoisotopic (exact) mass is 281 g/mol. The fourth-order valence-electron chi connectivity index (χ4n) is 1.85. The first-order valence-electron chi connectivity index (χ1n) is 6.22. The standard InChI is InChI=1S/C14H16ClNO3/c15-11-6-2-1-5-10(11)12(17)9-16-14(18)13-7-3-4-8-19-13/h1-2,5-7,12,17H,3-4,8-9H2,(H,16,18). The summed E-state index contributed by atoms with van der Waals surface area (Å²) in [6, 6.07) is 7.01. The third kappa shape index (κ3) is 3.72. The summed E-state index contributed by atoms with van der Waals surface area (Å²) in [7, 11) is 0. The highest BCUT2D eigenvalue weighted by atomic mass is 35.5.